The van der Waals surface area contributed by atoms with Crippen molar-refractivity contribution in [3.63, 3.8) is 0 Å². The first kappa shape index (κ1) is 19.7. The van der Waals surface area contributed by atoms with Crippen LogP contribution in [0.5, 0.6) is 0 Å². The molecule has 0 spiro atoms. The third-order valence-electron chi connectivity index (χ3n) is 4.17. The first-order valence-corrected chi connectivity index (χ1v) is 11.3. The molecular weight excluding hydrogens is 374 g/mol. The van der Waals surface area contributed by atoms with Crippen molar-refractivity contribution in [2.75, 3.05) is 5.75 Å². The summed E-state index contributed by atoms with van der Waals surface area (Å²) in [5.74, 6) is 0.657. The van der Waals surface area contributed by atoms with E-state index in [1.54, 1.807) is 23.9 Å². The summed E-state index contributed by atoms with van der Waals surface area (Å²) in [5, 5.41) is 0. The summed E-state index contributed by atoms with van der Waals surface area (Å²) in [6, 6.07) is 26.8. The van der Waals surface area contributed by atoms with Gasteiger partial charge in [-0.15, -0.1) is 11.8 Å². The Morgan fingerprint density at radius 2 is 1.44 bits per heavy atom. The predicted octanol–water partition coefficient (Wildman–Crippen LogP) is 4.68. The zero-order valence-electron chi connectivity index (χ0n) is 15.2. The molecule has 0 aliphatic heterocycles. The second-order valence-electron chi connectivity index (χ2n) is 6.45. The highest BCUT2D eigenvalue weighted by Gasteiger charge is 2.20. The molecule has 0 radical (unpaired) electrons. The normalized spacial score (nSPS) is 12.6. The van der Waals surface area contributed by atoms with Gasteiger partial charge in [0, 0.05) is 16.7 Å². The second kappa shape index (κ2) is 9.22. The van der Waals surface area contributed by atoms with Gasteiger partial charge in [-0.25, -0.2) is 13.1 Å². The first-order chi connectivity index (χ1) is 13.0. The second-order valence-corrected chi connectivity index (χ2v) is 9.25. The Labute approximate surface area is 165 Å². The van der Waals surface area contributed by atoms with Crippen molar-refractivity contribution in [1.82, 2.24) is 4.72 Å². The molecule has 1 N–H and O–H groups in total. The highest BCUT2D eigenvalue weighted by molar-refractivity contribution is 7.99. The van der Waals surface area contributed by atoms with Crippen LogP contribution >= 0.6 is 11.8 Å². The molecule has 3 nitrogen and oxygen atoms in total. The third-order valence-corrected chi connectivity index (χ3v) is 6.88. The van der Waals surface area contributed by atoms with E-state index in [0.717, 1.165) is 16.0 Å². The van der Waals surface area contributed by atoms with Crippen molar-refractivity contribution < 1.29 is 8.42 Å². The van der Waals surface area contributed by atoms with Crippen molar-refractivity contribution in [1.29, 1.82) is 0 Å². The number of benzene rings is 3. The van der Waals surface area contributed by atoms with E-state index in [1.807, 2.05) is 79.7 Å². The summed E-state index contributed by atoms with van der Waals surface area (Å²) in [4.78, 5) is 1.43. The maximum absolute atomic E-state index is 12.8. The molecule has 5 heteroatoms. The van der Waals surface area contributed by atoms with Gasteiger partial charge in [-0.05, 0) is 43.2 Å². The van der Waals surface area contributed by atoms with E-state index in [2.05, 4.69) is 4.72 Å². The maximum Gasteiger partial charge on any atom is 0.240 e. The lowest BCUT2D eigenvalue weighted by Gasteiger charge is -2.19. The van der Waals surface area contributed by atoms with Gasteiger partial charge >= 0.3 is 0 Å². The zero-order chi connectivity index (χ0) is 19.1. The number of sulfonamides is 1. The van der Waals surface area contributed by atoms with Gasteiger partial charge in [0.05, 0.1) is 4.90 Å². The summed E-state index contributed by atoms with van der Waals surface area (Å²) in [5.41, 5.74) is 2.15. The van der Waals surface area contributed by atoms with Crippen molar-refractivity contribution >= 4 is 21.8 Å². The van der Waals surface area contributed by atoms with Crippen molar-refractivity contribution in [3.8, 4) is 0 Å². The zero-order valence-corrected chi connectivity index (χ0v) is 16.8. The highest BCUT2D eigenvalue weighted by atomic mass is 32.2. The summed E-state index contributed by atoms with van der Waals surface area (Å²) < 4.78 is 28.6. The van der Waals surface area contributed by atoms with E-state index < -0.39 is 10.0 Å². The standard InChI is InChI=1S/C22H23NO2S2/c1-18-12-14-22(15-13-18)27(24,25)23-20(16-19-8-4-2-5-9-19)17-26-21-10-6-3-7-11-21/h2-15,20,23H,16-17H2,1H3/t20-/m0/s1. The van der Waals surface area contributed by atoms with Gasteiger partial charge in [0.2, 0.25) is 10.0 Å². The minimum atomic E-state index is -3.56. The summed E-state index contributed by atoms with van der Waals surface area (Å²) in [6.07, 6.45) is 0.645. The number of aryl methyl sites for hydroxylation is 1. The topological polar surface area (TPSA) is 46.2 Å². The number of thioether (sulfide) groups is 1. The smallest absolute Gasteiger partial charge is 0.207 e. The van der Waals surface area contributed by atoms with Crippen LogP contribution in [0.2, 0.25) is 0 Å². The largest absolute Gasteiger partial charge is 0.240 e. The van der Waals surface area contributed by atoms with Gasteiger partial charge in [-0.1, -0.05) is 66.2 Å². The number of hydrogen-bond acceptors (Lipinski definition) is 3. The van der Waals surface area contributed by atoms with E-state index in [4.69, 9.17) is 0 Å². The minimum Gasteiger partial charge on any atom is -0.207 e. The predicted molar refractivity (Wildman–Crippen MR) is 113 cm³/mol. The van der Waals surface area contributed by atoms with E-state index in [-0.39, 0.29) is 6.04 Å². The monoisotopic (exact) mass is 397 g/mol. The Morgan fingerprint density at radius 3 is 2.07 bits per heavy atom. The molecule has 0 aliphatic rings. The lowest BCUT2D eigenvalue weighted by Crippen LogP contribution is -2.38. The fourth-order valence-electron chi connectivity index (χ4n) is 2.75. The molecule has 0 heterocycles. The van der Waals surface area contributed by atoms with Gasteiger partial charge in [0.15, 0.2) is 0 Å². The molecule has 0 saturated heterocycles. The molecular formula is C22H23NO2S2. The van der Waals surface area contributed by atoms with Crippen molar-refractivity contribution in [3.05, 3.63) is 96.1 Å². The molecule has 3 aromatic rings. The highest BCUT2D eigenvalue weighted by Crippen LogP contribution is 2.21. The fraction of sp³-hybridized carbons (Fsp3) is 0.182. The molecule has 27 heavy (non-hydrogen) atoms. The molecule has 0 aliphatic carbocycles. The van der Waals surface area contributed by atoms with E-state index >= 15 is 0 Å². The van der Waals surface area contributed by atoms with Gasteiger partial charge < -0.3 is 0 Å². The van der Waals surface area contributed by atoms with Crippen LogP contribution in [-0.4, -0.2) is 20.2 Å². The summed E-state index contributed by atoms with van der Waals surface area (Å²) in [7, 11) is -3.56. The average molecular weight is 398 g/mol. The van der Waals surface area contributed by atoms with Gasteiger partial charge in [0.25, 0.3) is 0 Å². The SMILES string of the molecule is Cc1ccc(S(=O)(=O)N[C@H](CSc2ccccc2)Cc2ccccc2)cc1. The van der Waals surface area contributed by atoms with Crippen LogP contribution in [0.25, 0.3) is 0 Å². The number of rotatable bonds is 8. The van der Waals surface area contributed by atoms with Crippen LogP contribution in [0.4, 0.5) is 0 Å². The van der Waals surface area contributed by atoms with Crippen LogP contribution in [0, 0.1) is 6.92 Å². The molecule has 0 unspecified atom stereocenters. The van der Waals surface area contributed by atoms with E-state index in [0.29, 0.717) is 17.1 Å². The molecule has 3 rings (SSSR count). The van der Waals surface area contributed by atoms with Crippen LogP contribution < -0.4 is 4.72 Å². The molecule has 0 saturated carbocycles. The van der Waals surface area contributed by atoms with Crippen LogP contribution in [-0.2, 0) is 16.4 Å². The molecule has 1 atom stereocenters. The van der Waals surface area contributed by atoms with Crippen molar-refractivity contribution in [2.24, 2.45) is 0 Å². The lowest BCUT2D eigenvalue weighted by molar-refractivity contribution is 0.561. The van der Waals surface area contributed by atoms with Crippen LogP contribution in [0.1, 0.15) is 11.1 Å². The van der Waals surface area contributed by atoms with Gasteiger partial charge in [-0.2, -0.15) is 0 Å². The molecule has 3 aromatic carbocycles. The van der Waals surface area contributed by atoms with E-state index in [1.165, 1.54) is 0 Å². The molecule has 0 amide bonds. The molecule has 0 bridgehead atoms. The Bertz CT molecular complexity index is 941. The Hall–Kier alpha value is -2.08. The molecule has 0 aromatic heterocycles. The quantitative estimate of drug-likeness (QED) is 0.562. The van der Waals surface area contributed by atoms with E-state index in [9.17, 15) is 8.42 Å². The molecule has 140 valence electrons. The first-order valence-electron chi connectivity index (χ1n) is 8.84. The average Bonchev–Trinajstić information content (AvgIpc) is 2.68. The summed E-state index contributed by atoms with van der Waals surface area (Å²) >= 11 is 1.66. The number of hydrogen-bond donors (Lipinski definition) is 1. The molecule has 0 fully saturated rings. The number of nitrogens with one attached hydrogen (secondary N) is 1. The van der Waals surface area contributed by atoms with Crippen molar-refractivity contribution in [2.45, 2.75) is 29.2 Å². The summed E-state index contributed by atoms with van der Waals surface area (Å²) in [6.45, 7) is 1.94. The Kier molecular flexibility index (Phi) is 6.72. The lowest BCUT2D eigenvalue weighted by atomic mass is 10.1. The van der Waals surface area contributed by atoms with Crippen LogP contribution in [0.15, 0.2) is 94.7 Å². The Balaban J connectivity index is 1.76. The Morgan fingerprint density at radius 1 is 0.852 bits per heavy atom. The minimum absolute atomic E-state index is 0.205. The van der Waals surface area contributed by atoms with Gasteiger partial charge in [0.1, 0.15) is 0 Å². The van der Waals surface area contributed by atoms with Gasteiger partial charge in [-0.3, -0.25) is 0 Å². The fourth-order valence-corrected chi connectivity index (χ4v) is 5.04. The van der Waals surface area contributed by atoms with Crippen LogP contribution in [0.3, 0.4) is 0 Å². The third kappa shape index (κ3) is 5.96. The maximum atomic E-state index is 12.8.